The van der Waals surface area contributed by atoms with Gasteiger partial charge in [0, 0.05) is 11.1 Å². The van der Waals surface area contributed by atoms with E-state index >= 15 is 0 Å². The van der Waals surface area contributed by atoms with E-state index in [-0.39, 0.29) is 0 Å². The van der Waals surface area contributed by atoms with E-state index in [2.05, 4.69) is 55.2 Å². The molecular formula is C31H36O. The monoisotopic (exact) mass is 424 g/mol. The largest absolute Gasteiger partial charge is 0.490 e. The SMILES string of the molecule is C/C=C/COc1ccc(C#Cc2ccc(C3CCC4CC(/C=C/C)CCC4C3)cc2)cc1. The molecule has 2 saturated carbocycles. The van der Waals surface area contributed by atoms with Gasteiger partial charge in [0.1, 0.15) is 12.4 Å². The molecule has 2 aromatic rings. The Hall–Kier alpha value is -2.72. The van der Waals surface area contributed by atoms with E-state index in [4.69, 9.17) is 4.74 Å². The van der Waals surface area contributed by atoms with Gasteiger partial charge in [0.05, 0.1) is 0 Å². The molecule has 0 bridgehead atoms. The number of benzene rings is 2. The van der Waals surface area contributed by atoms with Crippen molar-refractivity contribution >= 4 is 0 Å². The highest BCUT2D eigenvalue weighted by Gasteiger charge is 2.35. The van der Waals surface area contributed by atoms with Crippen LogP contribution in [0.5, 0.6) is 5.75 Å². The van der Waals surface area contributed by atoms with Crippen molar-refractivity contribution in [3.05, 3.63) is 89.5 Å². The first-order valence-electron chi connectivity index (χ1n) is 12.3. The zero-order valence-electron chi connectivity index (χ0n) is 19.6. The summed E-state index contributed by atoms with van der Waals surface area (Å²) in [6.07, 6.45) is 17.0. The Balaban J connectivity index is 1.32. The molecule has 32 heavy (non-hydrogen) atoms. The minimum Gasteiger partial charge on any atom is -0.490 e. The minimum absolute atomic E-state index is 0.604. The zero-order valence-corrected chi connectivity index (χ0v) is 19.6. The van der Waals surface area contributed by atoms with Gasteiger partial charge >= 0.3 is 0 Å². The summed E-state index contributed by atoms with van der Waals surface area (Å²) in [5.41, 5.74) is 3.61. The molecule has 0 aromatic heterocycles. The number of hydrogen-bond donors (Lipinski definition) is 0. The molecule has 0 heterocycles. The molecule has 0 N–H and O–H groups in total. The van der Waals surface area contributed by atoms with Crippen molar-refractivity contribution < 1.29 is 4.74 Å². The van der Waals surface area contributed by atoms with Gasteiger partial charge in [0.25, 0.3) is 0 Å². The van der Waals surface area contributed by atoms with E-state index in [9.17, 15) is 0 Å². The van der Waals surface area contributed by atoms with Gasteiger partial charge < -0.3 is 4.74 Å². The Morgan fingerprint density at radius 3 is 2.12 bits per heavy atom. The number of rotatable bonds is 5. The lowest BCUT2D eigenvalue weighted by molar-refractivity contribution is 0.133. The van der Waals surface area contributed by atoms with Crippen molar-refractivity contribution in [1.29, 1.82) is 0 Å². The maximum atomic E-state index is 5.65. The Kier molecular flexibility index (Phi) is 7.89. The first-order chi connectivity index (χ1) is 15.7. The van der Waals surface area contributed by atoms with Crippen LogP contribution in [0.1, 0.15) is 75.0 Å². The Labute approximate surface area is 194 Å². The molecule has 4 atom stereocenters. The summed E-state index contributed by atoms with van der Waals surface area (Å²) in [4.78, 5) is 0. The van der Waals surface area contributed by atoms with Crippen LogP contribution >= 0.6 is 0 Å². The highest BCUT2D eigenvalue weighted by atomic mass is 16.5. The Morgan fingerprint density at radius 2 is 1.44 bits per heavy atom. The van der Waals surface area contributed by atoms with Crippen molar-refractivity contribution in [2.24, 2.45) is 17.8 Å². The van der Waals surface area contributed by atoms with Crippen molar-refractivity contribution in [3.63, 3.8) is 0 Å². The average molecular weight is 425 g/mol. The number of hydrogen-bond acceptors (Lipinski definition) is 1. The van der Waals surface area contributed by atoms with Gasteiger partial charge in [-0.2, -0.15) is 0 Å². The third-order valence-corrected chi connectivity index (χ3v) is 7.29. The summed E-state index contributed by atoms with van der Waals surface area (Å²) in [6.45, 7) is 4.76. The van der Waals surface area contributed by atoms with Gasteiger partial charge in [-0.15, -0.1) is 0 Å². The first kappa shape index (κ1) is 22.5. The van der Waals surface area contributed by atoms with E-state index in [0.717, 1.165) is 40.5 Å². The van der Waals surface area contributed by atoms with Gasteiger partial charge in [-0.1, -0.05) is 48.3 Å². The Bertz CT molecular complexity index is 968. The lowest BCUT2D eigenvalue weighted by Gasteiger charge is -2.41. The smallest absolute Gasteiger partial charge is 0.119 e. The maximum absolute atomic E-state index is 5.65. The standard InChI is InChI=1S/C31H36O/c1-3-5-21-32-31-19-12-25(13-20-31)8-7-24-9-14-27(15-10-24)29-18-17-28-22-26(6-4-2)11-16-30(28)23-29/h3-6,9-10,12-15,19-20,26,28-30H,11,16-18,21-23H2,1-2H3/b5-3+,6-4+. The Morgan fingerprint density at radius 1 is 0.781 bits per heavy atom. The second kappa shape index (κ2) is 11.2. The third kappa shape index (κ3) is 5.95. The quantitative estimate of drug-likeness (QED) is 0.350. The molecular weight excluding hydrogens is 388 g/mol. The van der Waals surface area contributed by atoms with Gasteiger partial charge in [-0.25, -0.2) is 0 Å². The second-order valence-electron chi connectivity index (χ2n) is 9.41. The van der Waals surface area contributed by atoms with Crippen LogP contribution in [0.2, 0.25) is 0 Å². The van der Waals surface area contributed by atoms with Crippen LogP contribution in [-0.2, 0) is 0 Å². The normalized spacial score (nSPS) is 25.3. The maximum Gasteiger partial charge on any atom is 0.119 e. The predicted molar refractivity (Wildman–Crippen MR) is 135 cm³/mol. The fourth-order valence-electron chi connectivity index (χ4n) is 5.53. The number of allylic oxidation sites excluding steroid dienone is 3. The van der Waals surface area contributed by atoms with Gasteiger partial charge in [0.2, 0.25) is 0 Å². The molecule has 1 nitrogen and oxygen atoms in total. The van der Waals surface area contributed by atoms with E-state index in [1.165, 1.54) is 44.1 Å². The van der Waals surface area contributed by atoms with Crippen LogP contribution in [0.3, 0.4) is 0 Å². The first-order valence-corrected chi connectivity index (χ1v) is 12.3. The number of fused-ring (bicyclic) bond motifs is 1. The van der Waals surface area contributed by atoms with Crippen molar-refractivity contribution in [2.45, 2.75) is 58.3 Å². The molecule has 2 aliphatic rings. The fraction of sp³-hybridized carbons (Fsp3) is 0.419. The van der Waals surface area contributed by atoms with Crippen LogP contribution in [0.15, 0.2) is 72.8 Å². The summed E-state index contributed by atoms with van der Waals surface area (Å²) in [5, 5.41) is 0. The van der Waals surface area contributed by atoms with Crippen LogP contribution in [0.4, 0.5) is 0 Å². The molecule has 2 aromatic carbocycles. The van der Waals surface area contributed by atoms with Gasteiger partial charge in [0.15, 0.2) is 0 Å². The lowest BCUT2D eigenvalue weighted by Crippen LogP contribution is -2.30. The van der Waals surface area contributed by atoms with Crippen LogP contribution < -0.4 is 4.74 Å². The van der Waals surface area contributed by atoms with Crippen molar-refractivity contribution in [2.75, 3.05) is 6.61 Å². The second-order valence-corrected chi connectivity index (χ2v) is 9.41. The van der Waals surface area contributed by atoms with E-state index < -0.39 is 0 Å². The number of ether oxygens (including phenoxy) is 1. The highest BCUT2D eigenvalue weighted by molar-refractivity contribution is 5.45. The molecule has 0 spiro atoms. The fourth-order valence-corrected chi connectivity index (χ4v) is 5.53. The van der Waals surface area contributed by atoms with E-state index in [1.54, 1.807) is 0 Å². The third-order valence-electron chi connectivity index (χ3n) is 7.29. The van der Waals surface area contributed by atoms with Crippen LogP contribution in [0, 0.1) is 29.6 Å². The summed E-state index contributed by atoms with van der Waals surface area (Å²) >= 11 is 0. The molecule has 2 aliphatic carbocycles. The van der Waals surface area contributed by atoms with E-state index in [1.807, 2.05) is 43.3 Å². The molecule has 1 heteroatoms. The van der Waals surface area contributed by atoms with E-state index in [0.29, 0.717) is 6.61 Å². The predicted octanol–water partition coefficient (Wildman–Crippen LogP) is 7.92. The molecule has 0 saturated heterocycles. The van der Waals surface area contributed by atoms with Crippen molar-refractivity contribution in [3.8, 4) is 17.6 Å². The van der Waals surface area contributed by atoms with Crippen molar-refractivity contribution in [1.82, 2.24) is 0 Å². The summed E-state index contributed by atoms with van der Waals surface area (Å²) in [5.74, 6) is 10.9. The molecule has 0 radical (unpaired) electrons. The molecule has 4 rings (SSSR count). The van der Waals surface area contributed by atoms with Crippen LogP contribution in [0.25, 0.3) is 0 Å². The summed E-state index contributed by atoms with van der Waals surface area (Å²) < 4.78 is 5.65. The summed E-state index contributed by atoms with van der Waals surface area (Å²) in [7, 11) is 0. The molecule has 2 fully saturated rings. The highest BCUT2D eigenvalue weighted by Crippen LogP contribution is 2.47. The molecule has 0 aliphatic heterocycles. The van der Waals surface area contributed by atoms with Gasteiger partial charge in [-0.05, 0) is 118 Å². The van der Waals surface area contributed by atoms with Gasteiger partial charge in [-0.3, -0.25) is 0 Å². The topological polar surface area (TPSA) is 9.23 Å². The lowest BCUT2D eigenvalue weighted by atomic mass is 9.64. The zero-order chi connectivity index (χ0) is 22.2. The molecule has 0 amide bonds. The van der Waals surface area contributed by atoms with Crippen LogP contribution in [-0.4, -0.2) is 6.61 Å². The molecule has 4 unspecified atom stereocenters. The summed E-state index contributed by atoms with van der Waals surface area (Å²) in [6, 6.07) is 17.1. The molecule has 166 valence electrons. The average Bonchev–Trinajstić information content (AvgIpc) is 2.84. The minimum atomic E-state index is 0.604.